The van der Waals surface area contributed by atoms with Gasteiger partial charge < -0.3 is 15.2 Å². The molecule has 1 aromatic heterocycles. The second-order valence-corrected chi connectivity index (χ2v) is 5.45. The van der Waals surface area contributed by atoms with E-state index in [1.807, 2.05) is 0 Å². The zero-order chi connectivity index (χ0) is 13.9. The summed E-state index contributed by atoms with van der Waals surface area (Å²) in [7, 11) is 0. The minimum absolute atomic E-state index is 0.142. The van der Waals surface area contributed by atoms with E-state index in [-0.39, 0.29) is 6.61 Å². The topological polar surface area (TPSA) is 57.4 Å². The van der Waals surface area contributed by atoms with Crippen LogP contribution in [0.4, 0.5) is 13.2 Å². The molecule has 19 heavy (non-hydrogen) atoms. The summed E-state index contributed by atoms with van der Waals surface area (Å²) in [5.41, 5.74) is 6.42. The van der Waals surface area contributed by atoms with Crippen LogP contribution in [0.3, 0.4) is 0 Å². The molecule has 2 heterocycles. The van der Waals surface area contributed by atoms with E-state index >= 15 is 0 Å². The zero-order valence-corrected chi connectivity index (χ0v) is 11.0. The smallest absolute Gasteiger partial charge is 0.381 e. The van der Waals surface area contributed by atoms with E-state index in [1.165, 1.54) is 11.3 Å². The first kappa shape index (κ1) is 14.7. The number of alkyl halides is 3. The Labute approximate surface area is 112 Å². The van der Waals surface area contributed by atoms with Crippen molar-refractivity contribution in [2.75, 3.05) is 19.8 Å². The third-order valence-corrected chi connectivity index (χ3v) is 3.76. The number of rotatable bonds is 4. The Hall–Kier alpha value is -0.700. The first-order valence-electron chi connectivity index (χ1n) is 5.85. The second kappa shape index (κ2) is 5.74. The van der Waals surface area contributed by atoms with Crippen LogP contribution in [0.1, 0.15) is 23.5 Å². The summed E-state index contributed by atoms with van der Waals surface area (Å²) in [5, 5.41) is 2.30. The second-order valence-electron chi connectivity index (χ2n) is 4.50. The maximum absolute atomic E-state index is 11.9. The van der Waals surface area contributed by atoms with Gasteiger partial charge in [-0.2, -0.15) is 13.2 Å². The molecule has 108 valence electrons. The summed E-state index contributed by atoms with van der Waals surface area (Å²) in [6, 6.07) is 0. The van der Waals surface area contributed by atoms with Crippen LogP contribution in [0, 0.1) is 0 Å². The molecule has 0 unspecified atom stereocenters. The monoisotopic (exact) mass is 296 g/mol. The van der Waals surface area contributed by atoms with Gasteiger partial charge in [0, 0.05) is 18.6 Å². The number of ether oxygens (including phenoxy) is 2. The van der Waals surface area contributed by atoms with E-state index in [4.69, 9.17) is 10.5 Å². The molecule has 4 nitrogen and oxygen atoms in total. The van der Waals surface area contributed by atoms with Crippen molar-refractivity contribution in [3.63, 3.8) is 0 Å². The van der Waals surface area contributed by atoms with E-state index in [1.54, 1.807) is 5.38 Å². The average molecular weight is 296 g/mol. The summed E-state index contributed by atoms with van der Waals surface area (Å²) >= 11 is 1.27. The number of hydrogen-bond acceptors (Lipinski definition) is 5. The maximum Gasteiger partial charge on any atom is 0.411 e. The van der Waals surface area contributed by atoms with Gasteiger partial charge in [-0.15, -0.1) is 11.3 Å². The molecule has 0 saturated carbocycles. The fourth-order valence-electron chi connectivity index (χ4n) is 1.85. The molecular formula is C11H15F3N2O2S. The molecule has 0 aliphatic carbocycles. The van der Waals surface area contributed by atoms with Crippen LogP contribution in [-0.2, 0) is 21.6 Å². The molecule has 2 N–H and O–H groups in total. The molecular weight excluding hydrogens is 281 g/mol. The van der Waals surface area contributed by atoms with E-state index in [0.29, 0.717) is 36.8 Å². The molecule has 0 radical (unpaired) electrons. The van der Waals surface area contributed by atoms with Gasteiger partial charge in [0.05, 0.1) is 17.8 Å². The van der Waals surface area contributed by atoms with Crippen LogP contribution in [0.15, 0.2) is 5.38 Å². The summed E-state index contributed by atoms with van der Waals surface area (Å²) in [4.78, 5) is 4.27. The Morgan fingerprint density at radius 3 is 2.74 bits per heavy atom. The standard InChI is InChI=1S/C11H15F3N2O2S/c12-11(13,14)7-18-5-9-16-8(6-19-9)10(15)1-3-17-4-2-10/h6H,1-5,7,15H2. The Balaban J connectivity index is 1.91. The van der Waals surface area contributed by atoms with Gasteiger partial charge in [-0.3, -0.25) is 0 Å². The number of nitrogens with two attached hydrogens (primary N) is 1. The highest BCUT2D eigenvalue weighted by molar-refractivity contribution is 7.09. The third-order valence-electron chi connectivity index (χ3n) is 2.94. The van der Waals surface area contributed by atoms with Crippen molar-refractivity contribution in [2.45, 2.75) is 31.2 Å². The number of nitrogens with zero attached hydrogens (tertiary/aromatic N) is 1. The van der Waals surface area contributed by atoms with Crippen molar-refractivity contribution < 1.29 is 22.6 Å². The van der Waals surface area contributed by atoms with Crippen molar-refractivity contribution in [3.8, 4) is 0 Å². The molecule has 0 amide bonds. The molecule has 2 rings (SSSR count). The summed E-state index contributed by atoms with van der Waals surface area (Å²) in [5.74, 6) is 0. The molecule has 1 aliphatic rings. The molecule has 0 atom stereocenters. The summed E-state index contributed by atoms with van der Waals surface area (Å²) < 4.78 is 45.6. The number of thiazole rings is 1. The molecule has 1 saturated heterocycles. The van der Waals surface area contributed by atoms with Crippen molar-refractivity contribution >= 4 is 11.3 Å². The summed E-state index contributed by atoms with van der Waals surface area (Å²) in [6.45, 7) is -0.248. The van der Waals surface area contributed by atoms with Crippen LogP contribution < -0.4 is 5.73 Å². The minimum atomic E-state index is -4.31. The lowest BCUT2D eigenvalue weighted by Crippen LogP contribution is -2.42. The largest absolute Gasteiger partial charge is 0.411 e. The van der Waals surface area contributed by atoms with E-state index in [0.717, 1.165) is 0 Å². The van der Waals surface area contributed by atoms with Crippen molar-refractivity contribution in [3.05, 3.63) is 16.1 Å². The van der Waals surface area contributed by atoms with Crippen molar-refractivity contribution in [1.82, 2.24) is 4.98 Å². The number of halogens is 3. The predicted octanol–water partition coefficient (Wildman–Crippen LogP) is 2.19. The Bertz CT molecular complexity index is 416. The maximum atomic E-state index is 11.9. The Morgan fingerprint density at radius 1 is 1.42 bits per heavy atom. The lowest BCUT2D eigenvalue weighted by atomic mass is 9.88. The van der Waals surface area contributed by atoms with Gasteiger partial charge in [-0.05, 0) is 12.8 Å². The van der Waals surface area contributed by atoms with E-state index in [2.05, 4.69) is 9.72 Å². The predicted molar refractivity (Wildman–Crippen MR) is 63.7 cm³/mol. The highest BCUT2D eigenvalue weighted by Gasteiger charge is 2.32. The van der Waals surface area contributed by atoms with Crippen LogP contribution >= 0.6 is 11.3 Å². The minimum Gasteiger partial charge on any atom is -0.381 e. The lowest BCUT2D eigenvalue weighted by molar-refractivity contribution is -0.176. The quantitative estimate of drug-likeness (QED) is 0.925. The molecule has 8 heteroatoms. The lowest BCUT2D eigenvalue weighted by Gasteiger charge is -2.31. The van der Waals surface area contributed by atoms with Crippen LogP contribution in [-0.4, -0.2) is 31.0 Å². The molecule has 1 aromatic rings. The van der Waals surface area contributed by atoms with Crippen LogP contribution in [0.2, 0.25) is 0 Å². The molecule has 0 spiro atoms. The number of hydrogen-bond donors (Lipinski definition) is 1. The van der Waals surface area contributed by atoms with Crippen LogP contribution in [0.5, 0.6) is 0 Å². The van der Waals surface area contributed by atoms with E-state index < -0.39 is 18.3 Å². The zero-order valence-electron chi connectivity index (χ0n) is 10.2. The van der Waals surface area contributed by atoms with Gasteiger partial charge in [0.2, 0.25) is 0 Å². The van der Waals surface area contributed by atoms with Gasteiger partial charge in [0.25, 0.3) is 0 Å². The third kappa shape index (κ3) is 4.13. The fourth-order valence-corrected chi connectivity index (χ4v) is 2.69. The van der Waals surface area contributed by atoms with Crippen molar-refractivity contribution in [1.29, 1.82) is 0 Å². The van der Waals surface area contributed by atoms with Gasteiger partial charge >= 0.3 is 6.18 Å². The Morgan fingerprint density at radius 2 is 2.11 bits per heavy atom. The molecule has 1 aliphatic heterocycles. The highest BCUT2D eigenvalue weighted by Crippen LogP contribution is 2.30. The molecule has 0 bridgehead atoms. The van der Waals surface area contributed by atoms with Crippen molar-refractivity contribution in [2.24, 2.45) is 5.73 Å². The normalized spacial score (nSPS) is 19.6. The van der Waals surface area contributed by atoms with Crippen LogP contribution in [0.25, 0.3) is 0 Å². The van der Waals surface area contributed by atoms with Gasteiger partial charge in [-0.1, -0.05) is 0 Å². The fraction of sp³-hybridized carbons (Fsp3) is 0.727. The average Bonchev–Trinajstić information content (AvgIpc) is 2.78. The number of aromatic nitrogens is 1. The Kier molecular flexibility index (Phi) is 4.44. The first-order chi connectivity index (χ1) is 8.89. The molecule has 1 fully saturated rings. The van der Waals surface area contributed by atoms with E-state index in [9.17, 15) is 13.2 Å². The van der Waals surface area contributed by atoms with Gasteiger partial charge in [0.1, 0.15) is 11.6 Å². The highest BCUT2D eigenvalue weighted by atomic mass is 32.1. The summed E-state index contributed by atoms with van der Waals surface area (Å²) in [6.07, 6.45) is -2.98. The SMILES string of the molecule is NC1(c2csc(COCC(F)(F)F)n2)CCOCC1. The van der Waals surface area contributed by atoms with Gasteiger partial charge in [-0.25, -0.2) is 4.98 Å². The first-order valence-corrected chi connectivity index (χ1v) is 6.73. The van der Waals surface area contributed by atoms with Gasteiger partial charge in [0.15, 0.2) is 0 Å². The molecule has 0 aromatic carbocycles.